The molecule has 0 spiro atoms. The van der Waals surface area contributed by atoms with Crippen LogP contribution in [0.15, 0.2) is 78.9 Å². The average Bonchev–Trinajstić information content (AvgIpc) is 2.83. The molecule has 0 unspecified atom stereocenters. The van der Waals surface area contributed by atoms with Gasteiger partial charge in [-0.15, -0.1) is 0 Å². The summed E-state index contributed by atoms with van der Waals surface area (Å²) in [5, 5.41) is 2.79. The second kappa shape index (κ2) is 10.9. The molecule has 0 heterocycles. The van der Waals surface area contributed by atoms with Crippen LogP contribution in [0.2, 0.25) is 5.02 Å². The first kappa shape index (κ1) is 24.2. The van der Waals surface area contributed by atoms with E-state index in [4.69, 9.17) is 17.3 Å². The third-order valence-electron chi connectivity index (χ3n) is 5.46. The standard InChI is InChI=1S/C26H26ClN3O3/c1-17(25(32)29-26(33)22(28)15-18-9-5-3-6-10-18)30(2)23-14-13-20(27)16-21(23)24(31)19-11-7-4-8-12-19/h3-14,16-17,22H,15,28H2,1-2H3,(H,29,32,33)/t17-,22-/m0/s1. The normalized spacial score (nSPS) is 12.5. The molecule has 2 atom stereocenters. The van der Waals surface area contributed by atoms with Gasteiger partial charge in [0.15, 0.2) is 5.78 Å². The number of carbonyl (C=O) groups excluding carboxylic acids is 3. The van der Waals surface area contributed by atoms with E-state index in [1.54, 1.807) is 61.3 Å². The summed E-state index contributed by atoms with van der Waals surface area (Å²) >= 11 is 6.16. The van der Waals surface area contributed by atoms with Crippen molar-refractivity contribution in [3.8, 4) is 0 Å². The van der Waals surface area contributed by atoms with Gasteiger partial charge in [0.25, 0.3) is 0 Å². The molecule has 0 bridgehead atoms. The van der Waals surface area contributed by atoms with Gasteiger partial charge in [0.2, 0.25) is 11.8 Å². The average molecular weight is 464 g/mol. The molecule has 3 aromatic carbocycles. The number of nitrogens with two attached hydrogens (primary N) is 1. The van der Waals surface area contributed by atoms with E-state index in [1.165, 1.54) is 0 Å². The zero-order valence-corrected chi connectivity index (χ0v) is 19.3. The van der Waals surface area contributed by atoms with Crippen LogP contribution >= 0.6 is 11.6 Å². The molecule has 0 aromatic heterocycles. The zero-order chi connectivity index (χ0) is 24.0. The van der Waals surface area contributed by atoms with Crippen LogP contribution in [0.5, 0.6) is 0 Å². The summed E-state index contributed by atoms with van der Waals surface area (Å²) in [6, 6.07) is 21.5. The summed E-state index contributed by atoms with van der Waals surface area (Å²) < 4.78 is 0. The zero-order valence-electron chi connectivity index (χ0n) is 18.5. The molecule has 0 saturated heterocycles. The van der Waals surface area contributed by atoms with E-state index >= 15 is 0 Å². The van der Waals surface area contributed by atoms with Crippen molar-refractivity contribution >= 4 is 34.9 Å². The van der Waals surface area contributed by atoms with Crippen LogP contribution < -0.4 is 16.0 Å². The Hall–Kier alpha value is -3.48. The molecular weight excluding hydrogens is 438 g/mol. The molecule has 7 heteroatoms. The Morgan fingerprint density at radius 3 is 2.18 bits per heavy atom. The summed E-state index contributed by atoms with van der Waals surface area (Å²) in [6.07, 6.45) is 0.317. The monoisotopic (exact) mass is 463 g/mol. The minimum Gasteiger partial charge on any atom is -0.362 e. The van der Waals surface area contributed by atoms with E-state index in [0.717, 1.165) is 5.56 Å². The topological polar surface area (TPSA) is 92.5 Å². The van der Waals surface area contributed by atoms with Crippen LogP contribution in [0, 0.1) is 0 Å². The summed E-state index contributed by atoms with van der Waals surface area (Å²) in [6.45, 7) is 1.65. The van der Waals surface area contributed by atoms with Gasteiger partial charge >= 0.3 is 0 Å². The lowest BCUT2D eigenvalue weighted by atomic mass is 10.0. The summed E-state index contributed by atoms with van der Waals surface area (Å²) in [7, 11) is 1.68. The van der Waals surface area contributed by atoms with Crippen molar-refractivity contribution in [2.24, 2.45) is 5.73 Å². The van der Waals surface area contributed by atoms with Crippen molar-refractivity contribution in [1.29, 1.82) is 0 Å². The third kappa shape index (κ3) is 6.06. The van der Waals surface area contributed by atoms with Gasteiger partial charge in [0.1, 0.15) is 6.04 Å². The molecule has 3 rings (SSSR count). The quantitative estimate of drug-likeness (QED) is 0.498. The Balaban J connectivity index is 1.74. The van der Waals surface area contributed by atoms with Gasteiger partial charge in [0.05, 0.1) is 6.04 Å². The molecule has 0 radical (unpaired) electrons. The van der Waals surface area contributed by atoms with Crippen molar-refractivity contribution in [1.82, 2.24) is 5.32 Å². The van der Waals surface area contributed by atoms with Crippen LogP contribution in [-0.4, -0.2) is 36.7 Å². The lowest BCUT2D eigenvalue weighted by Crippen LogP contribution is -2.51. The van der Waals surface area contributed by atoms with Crippen molar-refractivity contribution in [3.05, 3.63) is 101 Å². The predicted octanol–water partition coefficient (Wildman–Crippen LogP) is 3.61. The van der Waals surface area contributed by atoms with Crippen molar-refractivity contribution in [2.45, 2.75) is 25.4 Å². The maximum atomic E-state index is 13.1. The predicted molar refractivity (Wildman–Crippen MR) is 130 cm³/mol. The minimum atomic E-state index is -0.861. The molecule has 170 valence electrons. The molecule has 33 heavy (non-hydrogen) atoms. The number of rotatable bonds is 8. The number of hydrogen-bond donors (Lipinski definition) is 2. The van der Waals surface area contributed by atoms with E-state index in [-0.39, 0.29) is 5.78 Å². The smallest absolute Gasteiger partial charge is 0.248 e. The van der Waals surface area contributed by atoms with Crippen LogP contribution in [0.3, 0.4) is 0 Å². The number of amides is 2. The van der Waals surface area contributed by atoms with Crippen molar-refractivity contribution in [3.63, 3.8) is 0 Å². The number of imide groups is 1. The van der Waals surface area contributed by atoms with E-state index < -0.39 is 23.9 Å². The Morgan fingerprint density at radius 1 is 0.939 bits per heavy atom. The lowest BCUT2D eigenvalue weighted by molar-refractivity contribution is -0.131. The van der Waals surface area contributed by atoms with E-state index in [9.17, 15) is 14.4 Å². The Kier molecular flexibility index (Phi) is 7.98. The van der Waals surface area contributed by atoms with Gasteiger partial charge in [0, 0.05) is 28.9 Å². The van der Waals surface area contributed by atoms with Crippen LogP contribution in [-0.2, 0) is 16.0 Å². The second-order valence-electron chi connectivity index (χ2n) is 7.79. The molecule has 0 aliphatic rings. The Labute approximate surface area is 198 Å². The van der Waals surface area contributed by atoms with Gasteiger partial charge in [-0.3, -0.25) is 19.7 Å². The maximum absolute atomic E-state index is 13.1. The first-order valence-corrected chi connectivity index (χ1v) is 10.9. The fourth-order valence-electron chi connectivity index (χ4n) is 3.41. The van der Waals surface area contributed by atoms with E-state index in [0.29, 0.717) is 28.3 Å². The molecule has 0 saturated carbocycles. The number of anilines is 1. The molecule has 2 amide bonds. The third-order valence-corrected chi connectivity index (χ3v) is 5.70. The van der Waals surface area contributed by atoms with Crippen LogP contribution in [0.25, 0.3) is 0 Å². The van der Waals surface area contributed by atoms with Crippen LogP contribution in [0.4, 0.5) is 5.69 Å². The maximum Gasteiger partial charge on any atom is 0.248 e. The van der Waals surface area contributed by atoms with Gasteiger partial charge < -0.3 is 10.6 Å². The van der Waals surface area contributed by atoms with Gasteiger partial charge in [-0.05, 0) is 37.1 Å². The number of nitrogens with zero attached hydrogens (tertiary/aromatic N) is 1. The number of carbonyl (C=O) groups is 3. The fraction of sp³-hybridized carbons (Fsp3) is 0.192. The first-order chi connectivity index (χ1) is 15.8. The highest BCUT2D eigenvalue weighted by molar-refractivity contribution is 6.31. The largest absolute Gasteiger partial charge is 0.362 e. The van der Waals surface area contributed by atoms with Crippen molar-refractivity contribution in [2.75, 3.05) is 11.9 Å². The van der Waals surface area contributed by atoms with Gasteiger partial charge in [-0.25, -0.2) is 0 Å². The minimum absolute atomic E-state index is 0.214. The van der Waals surface area contributed by atoms with E-state index in [1.807, 2.05) is 36.4 Å². The molecule has 3 aromatic rings. The number of ketones is 1. The lowest BCUT2D eigenvalue weighted by Gasteiger charge is -2.28. The SMILES string of the molecule is C[C@@H](C(=O)NC(=O)[C@@H](N)Cc1ccccc1)N(C)c1ccc(Cl)cc1C(=O)c1ccccc1. The second-order valence-corrected chi connectivity index (χ2v) is 8.23. The van der Waals surface area contributed by atoms with Gasteiger partial charge in [-0.1, -0.05) is 72.3 Å². The molecule has 0 fully saturated rings. The molecule has 0 aliphatic heterocycles. The molecular formula is C26H26ClN3O3. The highest BCUT2D eigenvalue weighted by Crippen LogP contribution is 2.27. The van der Waals surface area contributed by atoms with E-state index in [2.05, 4.69) is 5.32 Å². The molecule has 6 nitrogen and oxygen atoms in total. The summed E-state index contributed by atoms with van der Waals surface area (Å²) in [5.41, 5.74) is 8.29. The number of halogens is 1. The van der Waals surface area contributed by atoms with Crippen LogP contribution in [0.1, 0.15) is 28.4 Å². The molecule has 3 N–H and O–H groups in total. The number of nitrogens with one attached hydrogen (secondary N) is 1. The number of hydrogen-bond acceptors (Lipinski definition) is 5. The highest BCUT2D eigenvalue weighted by Gasteiger charge is 2.26. The molecule has 0 aliphatic carbocycles. The summed E-state index contributed by atoms with van der Waals surface area (Å²) in [4.78, 5) is 40.0. The van der Waals surface area contributed by atoms with Gasteiger partial charge in [-0.2, -0.15) is 0 Å². The summed E-state index contributed by atoms with van der Waals surface area (Å²) in [5.74, 6) is -1.28. The fourth-order valence-corrected chi connectivity index (χ4v) is 3.58. The Morgan fingerprint density at radius 2 is 1.55 bits per heavy atom. The number of benzene rings is 3. The number of likely N-dealkylation sites (N-methyl/N-ethyl adjacent to an activating group) is 1. The highest BCUT2D eigenvalue weighted by atomic mass is 35.5. The first-order valence-electron chi connectivity index (χ1n) is 10.5. The van der Waals surface area contributed by atoms with Crippen molar-refractivity contribution < 1.29 is 14.4 Å². The Bertz CT molecular complexity index is 1140.